The summed E-state index contributed by atoms with van der Waals surface area (Å²) in [6, 6.07) is 0. The highest BCUT2D eigenvalue weighted by atomic mass is 19.2. The van der Waals surface area contributed by atoms with Gasteiger partial charge in [-0.05, 0) is 12.8 Å². The Labute approximate surface area is 167 Å². The Bertz CT molecular complexity index is 639. The Balaban J connectivity index is 0.00000379. The lowest BCUT2D eigenvalue weighted by molar-refractivity contribution is -0.135. The fourth-order valence-corrected chi connectivity index (χ4v) is 2.28. The average molecular weight is 425 g/mol. The van der Waals surface area contributed by atoms with E-state index in [9.17, 15) is 31.5 Å². The number of hydrogen-bond acceptors (Lipinski definition) is 3. The Kier molecular flexibility index (Phi) is 13.6. The second kappa shape index (κ2) is 14.8. The number of carbonyl (C=O) groups excluding carboxylic acids is 2. The van der Waals surface area contributed by atoms with Crippen molar-refractivity contribution in [1.29, 1.82) is 0 Å². The molecule has 0 unspecified atom stereocenters. The third-order valence-electron chi connectivity index (χ3n) is 3.77. The number of nitrogens with one attached hydrogen (secondary N) is 1. The zero-order valence-electron chi connectivity index (χ0n) is 17.0. The van der Waals surface area contributed by atoms with E-state index in [0.717, 1.165) is 32.1 Å². The molecule has 0 heterocycles. The number of unbranched alkanes of at least 4 members (excludes halogenated alkanes) is 4. The number of carbonyl (C=O) groups is 2. The van der Waals surface area contributed by atoms with Gasteiger partial charge in [0, 0.05) is 19.4 Å². The predicted molar refractivity (Wildman–Crippen MR) is 98.8 cm³/mol. The highest BCUT2D eigenvalue weighted by Crippen LogP contribution is 2.29. The molecule has 1 aromatic carbocycles. The lowest BCUT2D eigenvalue weighted by atomic mass is 10.1. The molecule has 0 spiro atoms. The number of ether oxygens (including phenoxy) is 1. The van der Waals surface area contributed by atoms with Crippen molar-refractivity contribution in [3.63, 3.8) is 0 Å². The van der Waals surface area contributed by atoms with E-state index in [2.05, 4.69) is 17.0 Å². The topological polar surface area (TPSA) is 55.4 Å². The van der Waals surface area contributed by atoms with Crippen molar-refractivity contribution in [2.45, 2.75) is 72.1 Å². The maximum Gasteiger partial charge on any atom is 0.311 e. The summed E-state index contributed by atoms with van der Waals surface area (Å²) in [6.07, 6.45) is 4.76. The molecule has 166 valence electrons. The third kappa shape index (κ3) is 9.23. The van der Waals surface area contributed by atoms with Gasteiger partial charge < -0.3 is 10.1 Å². The van der Waals surface area contributed by atoms with Gasteiger partial charge in [0.25, 0.3) is 0 Å². The molecule has 0 aliphatic rings. The Hall–Kier alpha value is -2.19. The van der Waals surface area contributed by atoms with Gasteiger partial charge in [0.15, 0.2) is 0 Å². The van der Waals surface area contributed by atoms with Crippen LogP contribution in [0, 0.1) is 29.1 Å². The lowest BCUT2D eigenvalue weighted by Gasteiger charge is -2.09. The molecule has 0 aromatic heterocycles. The van der Waals surface area contributed by atoms with Crippen LogP contribution >= 0.6 is 0 Å². The van der Waals surface area contributed by atoms with Crippen LogP contribution in [-0.2, 0) is 9.59 Å². The summed E-state index contributed by atoms with van der Waals surface area (Å²) in [5.74, 6) is -14.3. The Morgan fingerprint density at radius 2 is 1.28 bits per heavy atom. The molecular formula is C20H28F5NO3. The van der Waals surface area contributed by atoms with E-state index >= 15 is 0 Å². The maximum atomic E-state index is 13.4. The van der Waals surface area contributed by atoms with Gasteiger partial charge in [-0.15, -0.1) is 0 Å². The van der Waals surface area contributed by atoms with Crippen molar-refractivity contribution in [2.75, 3.05) is 6.54 Å². The van der Waals surface area contributed by atoms with Gasteiger partial charge in [-0.3, -0.25) is 9.59 Å². The quantitative estimate of drug-likeness (QED) is 0.126. The van der Waals surface area contributed by atoms with Crippen LogP contribution in [0.2, 0.25) is 0 Å². The molecule has 0 bridgehead atoms. The molecule has 4 nitrogen and oxygen atoms in total. The van der Waals surface area contributed by atoms with Crippen LogP contribution in [0.1, 0.15) is 72.1 Å². The minimum absolute atomic E-state index is 0.00982. The van der Waals surface area contributed by atoms with E-state index in [-0.39, 0.29) is 18.7 Å². The van der Waals surface area contributed by atoms with Crippen LogP contribution in [-0.4, -0.2) is 18.4 Å². The van der Waals surface area contributed by atoms with Crippen molar-refractivity contribution in [2.24, 2.45) is 0 Å². The number of esters is 1. The first kappa shape index (κ1) is 26.8. The minimum atomic E-state index is -2.34. The zero-order valence-corrected chi connectivity index (χ0v) is 17.0. The zero-order chi connectivity index (χ0) is 22.4. The normalized spacial score (nSPS) is 10.2. The summed E-state index contributed by atoms with van der Waals surface area (Å²) in [6.45, 7) is 6.61. The first-order valence-corrected chi connectivity index (χ1v) is 9.78. The predicted octanol–water partition coefficient (Wildman–Crippen LogP) is 5.57. The number of benzene rings is 1. The van der Waals surface area contributed by atoms with Gasteiger partial charge in [-0.25, -0.2) is 13.2 Å². The second-order valence-corrected chi connectivity index (χ2v) is 5.99. The molecule has 1 N–H and O–H groups in total. The fourth-order valence-electron chi connectivity index (χ4n) is 2.28. The number of amides is 1. The van der Waals surface area contributed by atoms with Gasteiger partial charge in [0.1, 0.15) is 0 Å². The second-order valence-electron chi connectivity index (χ2n) is 5.99. The maximum absolute atomic E-state index is 13.4. The molecular weight excluding hydrogens is 397 g/mol. The Morgan fingerprint density at radius 1 is 0.759 bits per heavy atom. The van der Waals surface area contributed by atoms with Gasteiger partial charge >= 0.3 is 5.97 Å². The van der Waals surface area contributed by atoms with Gasteiger partial charge in [0.2, 0.25) is 40.7 Å². The van der Waals surface area contributed by atoms with Gasteiger partial charge in [-0.2, -0.15) is 8.78 Å². The standard InChI is InChI=1S/C18H22F5NO3.C2H6/c1-2-3-4-5-6-10-24-11(25)8-7-9-12(26)27-18-16(22)14(20)13(19)15(21)17(18)23;1-2/h2-10H2,1H3,(H,24,25);1-2H3. The first-order valence-electron chi connectivity index (χ1n) is 9.78. The lowest BCUT2D eigenvalue weighted by Crippen LogP contribution is -2.24. The van der Waals surface area contributed by atoms with Crippen LogP contribution in [0.3, 0.4) is 0 Å². The number of hydrogen-bond donors (Lipinski definition) is 1. The summed E-state index contributed by atoms with van der Waals surface area (Å²) in [4.78, 5) is 23.1. The van der Waals surface area contributed by atoms with Crippen LogP contribution in [0.15, 0.2) is 0 Å². The summed E-state index contributed by atoms with van der Waals surface area (Å²) in [7, 11) is 0. The van der Waals surface area contributed by atoms with E-state index in [1.807, 2.05) is 13.8 Å². The monoisotopic (exact) mass is 425 g/mol. The molecule has 0 aliphatic carbocycles. The van der Waals surface area contributed by atoms with Gasteiger partial charge in [-0.1, -0.05) is 46.5 Å². The molecule has 0 saturated heterocycles. The first-order chi connectivity index (χ1) is 13.8. The third-order valence-corrected chi connectivity index (χ3v) is 3.77. The van der Waals surface area contributed by atoms with Crippen molar-refractivity contribution < 1.29 is 36.3 Å². The molecule has 29 heavy (non-hydrogen) atoms. The van der Waals surface area contributed by atoms with E-state index in [0.29, 0.717) is 6.54 Å². The van der Waals surface area contributed by atoms with E-state index < -0.39 is 47.2 Å². The summed E-state index contributed by atoms with van der Waals surface area (Å²) in [5, 5.41) is 2.67. The smallest absolute Gasteiger partial charge is 0.311 e. The van der Waals surface area contributed by atoms with E-state index in [1.165, 1.54) is 0 Å². The molecule has 1 amide bonds. The van der Waals surface area contributed by atoms with Crippen LogP contribution < -0.4 is 10.1 Å². The SMILES string of the molecule is CC.CCCCCCCNC(=O)CCCC(=O)Oc1c(F)c(F)c(F)c(F)c1F. The molecule has 1 aromatic rings. The van der Waals surface area contributed by atoms with Crippen LogP contribution in [0.5, 0.6) is 5.75 Å². The molecule has 0 aliphatic heterocycles. The fraction of sp³-hybridized carbons (Fsp3) is 0.600. The highest BCUT2D eigenvalue weighted by molar-refractivity contribution is 5.77. The highest BCUT2D eigenvalue weighted by Gasteiger charge is 2.28. The summed E-state index contributed by atoms with van der Waals surface area (Å²) >= 11 is 0. The van der Waals surface area contributed by atoms with E-state index in [4.69, 9.17) is 0 Å². The van der Waals surface area contributed by atoms with Crippen LogP contribution in [0.25, 0.3) is 0 Å². The summed E-state index contributed by atoms with van der Waals surface area (Å²) < 4.78 is 70.0. The molecule has 0 atom stereocenters. The molecule has 0 radical (unpaired) electrons. The molecule has 1 rings (SSSR count). The average Bonchev–Trinajstić information content (AvgIpc) is 2.72. The summed E-state index contributed by atoms with van der Waals surface area (Å²) in [5.41, 5.74) is 0. The number of rotatable bonds is 11. The molecule has 9 heteroatoms. The molecule has 0 saturated carbocycles. The van der Waals surface area contributed by atoms with E-state index in [1.54, 1.807) is 0 Å². The van der Waals surface area contributed by atoms with Crippen molar-refractivity contribution in [1.82, 2.24) is 5.32 Å². The van der Waals surface area contributed by atoms with Crippen molar-refractivity contribution in [3.8, 4) is 5.75 Å². The number of halogens is 5. The van der Waals surface area contributed by atoms with Crippen LogP contribution in [0.4, 0.5) is 22.0 Å². The minimum Gasteiger partial charge on any atom is -0.420 e. The van der Waals surface area contributed by atoms with Crippen molar-refractivity contribution >= 4 is 11.9 Å². The Morgan fingerprint density at radius 3 is 1.83 bits per heavy atom. The molecule has 0 fully saturated rings. The van der Waals surface area contributed by atoms with Crippen molar-refractivity contribution in [3.05, 3.63) is 29.1 Å². The van der Waals surface area contributed by atoms with Gasteiger partial charge in [0.05, 0.1) is 0 Å². The largest absolute Gasteiger partial charge is 0.420 e.